The minimum atomic E-state index is -0.472. The number of rotatable bonds is 3. The van der Waals surface area contributed by atoms with Crippen LogP contribution in [0.3, 0.4) is 0 Å². The summed E-state index contributed by atoms with van der Waals surface area (Å²) < 4.78 is 5.35. The van der Waals surface area contributed by atoms with E-state index in [-0.39, 0.29) is 11.7 Å². The molecule has 1 unspecified atom stereocenters. The summed E-state index contributed by atoms with van der Waals surface area (Å²) >= 11 is 0. The molecule has 1 heterocycles. The molecule has 1 saturated heterocycles. The van der Waals surface area contributed by atoms with Crippen molar-refractivity contribution in [3.63, 3.8) is 0 Å². The average Bonchev–Trinajstić information content (AvgIpc) is 2.40. The summed E-state index contributed by atoms with van der Waals surface area (Å²) in [5.41, 5.74) is 1.19. The van der Waals surface area contributed by atoms with Gasteiger partial charge in [-0.25, -0.2) is 0 Å². The van der Waals surface area contributed by atoms with E-state index in [0.29, 0.717) is 24.4 Å². The quantitative estimate of drug-likeness (QED) is 0.777. The Morgan fingerprint density at radius 2 is 2.28 bits per heavy atom. The fraction of sp³-hybridized carbons (Fsp3) is 0.385. The average molecular weight is 248 g/mol. The van der Waals surface area contributed by atoms with E-state index >= 15 is 0 Å². The van der Waals surface area contributed by atoms with Crippen LogP contribution < -0.4 is 10.6 Å². The molecule has 0 radical (unpaired) electrons. The van der Waals surface area contributed by atoms with E-state index in [1.54, 1.807) is 24.3 Å². The van der Waals surface area contributed by atoms with Crippen LogP contribution in [0.5, 0.6) is 0 Å². The van der Waals surface area contributed by atoms with Crippen LogP contribution in [0, 0.1) is 0 Å². The maximum Gasteiger partial charge on any atom is 0.254 e. The van der Waals surface area contributed by atoms with Gasteiger partial charge in [0.2, 0.25) is 0 Å². The predicted molar refractivity (Wildman–Crippen MR) is 67.7 cm³/mol. The molecule has 0 aliphatic carbocycles. The lowest BCUT2D eigenvalue weighted by molar-refractivity contribution is -0.128. The molecule has 0 aromatic heterocycles. The Bertz CT molecular complexity index is 453. The van der Waals surface area contributed by atoms with Gasteiger partial charge in [0.15, 0.2) is 5.78 Å². The molecule has 2 rings (SSSR count). The van der Waals surface area contributed by atoms with Crippen molar-refractivity contribution in [2.24, 2.45) is 0 Å². The molecule has 1 fully saturated rings. The Morgan fingerprint density at radius 3 is 2.94 bits per heavy atom. The molecule has 1 aliphatic rings. The fourth-order valence-corrected chi connectivity index (χ4v) is 1.77. The van der Waals surface area contributed by atoms with E-state index in [4.69, 9.17) is 4.74 Å². The minimum Gasteiger partial charge on any atom is -0.366 e. The summed E-state index contributed by atoms with van der Waals surface area (Å²) in [7, 11) is 0. The largest absolute Gasteiger partial charge is 0.366 e. The summed E-state index contributed by atoms with van der Waals surface area (Å²) in [6, 6.07) is 6.88. The summed E-state index contributed by atoms with van der Waals surface area (Å²) in [5, 5.41) is 5.84. The third-order valence-corrected chi connectivity index (χ3v) is 2.76. The zero-order valence-electron chi connectivity index (χ0n) is 10.2. The normalized spacial score (nSPS) is 19.3. The molecule has 96 valence electrons. The highest BCUT2D eigenvalue weighted by molar-refractivity contribution is 5.98. The van der Waals surface area contributed by atoms with Crippen molar-refractivity contribution in [2.45, 2.75) is 13.0 Å². The first-order valence-electron chi connectivity index (χ1n) is 5.91. The van der Waals surface area contributed by atoms with Gasteiger partial charge in [-0.05, 0) is 19.1 Å². The van der Waals surface area contributed by atoms with E-state index in [1.807, 2.05) is 0 Å². The second-order valence-electron chi connectivity index (χ2n) is 4.19. The van der Waals surface area contributed by atoms with Crippen LogP contribution >= 0.6 is 0 Å². The van der Waals surface area contributed by atoms with E-state index in [2.05, 4.69) is 10.6 Å². The van der Waals surface area contributed by atoms with Crippen LogP contribution in [0.4, 0.5) is 5.69 Å². The molecule has 0 spiro atoms. The first kappa shape index (κ1) is 12.7. The van der Waals surface area contributed by atoms with Crippen LogP contribution in [-0.4, -0.2) is 37.5 Å². The molecule has 1 aromatic rings. The summed E-state index contributed by atoms with van der Waals surface area (Å²) in [5.74, 6) is -0.218. The molecule has 5 nitrogen and oxygen atoms in total. The van der Waals surface area contributed by atoms with Gasteiger partial charge in [0.1, 0.15) is 6.10 Å². The lowest BCUT2D eigenvalue weighted by atomic mass is 10.1. The van der Waals surface area contributed by atoms with Gasteiger partial charge >= 0.3 is 0 Å². The van der Waals surface area contributed by atoms with Crippen molar-refractivity contribution >= 4 is 17.4 Å². The number of amides is 1. The highest BCUT2D eigenvalue weighted by Crippen LogP contribution is 2.12. The third kappa shape index (κ3) is 3.15. The number of ketones is 1. The third-order valence-electron chi connectivity index (χ3n) is 2.76. The van der Waals surface area contributed by atoms with Gasteiger partial charge in [0, 0.05) is 24.3 Å². The standard InChI is InChI=1S/C13H16N2O3/c1-9(16)10-3-2-4-11(7-10)15-13(17)12-8-14-5-6-18-12/h2-4,7,12,14H,5-6,8H2,1H3,(H,15,17). The molecule has 2 N–H and O–H groups in total. The molecule has 5 heteroatoms. The summed E-state index contributed by atoms with van der Waals surface area (Å²) in [6.45, 7) is 3.31. The van der Waals surface area contributed by atoms with Gasteiger partial charge < -0.3 is 15.4 Å². The smallest absolute Gasteiger partial charge is 0.254 e. The van der Waals surface area contributed by atoms with Crippen LogP contribution in [0.1, 0.15) is 17.3 Å². The van der Waals surface area contributed by atoms with Gasteiger partial charge in [-0.15, -0.1) is 0 Å². The van der Waals surface area contributed by atoms with Gasteiger partial charge in [0.25, 0.3) is 5.91 Å². The van der Waals surface area contributed by atoms with Crippen LogP contribution in [-0.2, 0) is 9.53 Å². The number of ether oxygens (including phenoxy) is 1. The predicted octanol–water partition coefficient (Wildman–Crippen LogP) is 0.816. The molecule has 0 bridgehead atoms. The lowest BCUT2D eigenvalue weighted by Crippen LogP contribution is -2.45. The Labute approximate surface area is 106 Å². The van der Waals surface area contributed by atoms with Crippen molar-refractivity contribution in [1.29, 1.82) is 0 Å². The van der Waals surface area contributed by atoms with Crippen molar-refractivity contribution < 1.29 is 14.3 Å². The van der Waals surface area contributed by atoms with Gasteiger partial charge in [-0.3, -0.25) is 9.59 Å². The van der Waals surface area contributed by atoms with E-state index in [0.717, 1.165) is 6.54 Å². The molecule has 1 aliphatic heterocycles. The Hall–Kier alpha value is -1.72. The Balaban J connectivity index is 2.02. The van der Waals surface area contributed by atoms with Gasteiger partial charge in [-0.1, -0.05) is 12.1 Å². The first-order valence-corrected chi connectivity index (χ1v) is 5.91. The number of nitrogens with one attached hydrogen (secondary N) is 2. The Morgan fingerprint density at radius 1 is 1.44 bits per heavy atom. The molecule has 0 saturated carbocycles. The number of Topliss-reactive ketones (excluding diaryl/α,β-unsaturated/α-hetero) is 1. The first-order chi connectivity index (χ1) is 8.66. The SMILES string of the molecule is CC(=O)c1cccc(NC(=O)C2CNCCO2)c1. The Kier molecular flexibility index (Phi) is 4.07. The number of hydrogen-bond donors (Lipinski definition) is 2. The van der Waals surface area contributed by atoms with Crippen molar-refractivity contribution in [3.8, 4) is 0 Å². The topological polar surface area (TPSA) is 67.4 Å². The molecule has 1 aromatic carbocycles. The summed E-state index contributed by atoms with van der Waals surface area (Å²) in [4.78, 5) is 23.1. The highest BCUT2D eigenvalue weighted by Gasteiger charge is 2.21. The number of carbonyl (C=O) groups excluding carboxylic acids is 2. The van der Waals surface area contributed by atoms with Crippen LogP contribution in [0.25, 0.3) is 0 Å². The summed E-state index contributed by atoms with van der Waals surface area (Å²) in [6.07, 6.45) is -0.472. The van der Waals surface area contributed by atoms with Crippen LogP contribution in [0.15, 0.2) is 24.3 Å². The van der Waals surface area contributed by atoms with E-state index in [1.165, 1.54) is 6.92 Å². The zero-order valence-corrected chi connectivity index (χ0v) is 10.2. The highest BCUT2D eigenvalue weighted by atomic mass is 16.5. The van der Waals surface area contributed by atoms with Crippen molar-refractivity contribution in [2.75, 3.05) is 25.0 Å². The fourth-order valence-electron chi connectivity index (χ4n) is 1.77. The van der Waals surface area contributed by atoms with Crippen molar-refractivity contribution in [3.05, 3.63) is 29.8 Å². The maximum absolute atomic E-state index is 11.9. The number of anilines is 1. The molecule has 18 heavy (non-hydrogen) atoms. The van der Waals surface area contributed by atoms with Gasteiger partial charge in [-0.2, -0.15) is 0 Å². The second kappa shape index (κ2) is 5.75. The van der Waals surface area contributed by atoms with Crippen LogP contribution in [0.2, 0.25) is 0 Å². The number of carbonyl (C=O) groups is 2. The van der Waals surface area contributed by atoms with Gasteiger partial charge in [0.05, 0.1) is 6.61 Å². The molecular weight excluding hydrogens is 232 g/mol. The molecule has 1 atom stereocenters. The lowest BCUT2D eigenvalue weighted by Gasteiger charge is -2.22. The number of morpholine rings is 1. The monoisotopic (exact) mass is 248 g/mol. The second-order valence-corrected chi connectivity index (χ2v) is 4.19. The number of benzene rings is 1. The molecular formula is C13H16N2O3. The maximum atomic E-state index is 11.9. The zero-order chi connectivity index (χ0) is 13.0. The molecule has 1 amide bonds. The van der Waals surface area contributed by atoms with E-state index < -0.39 is 6.10 Å². The number of hydrogen-bond acceptors (Lipinski definition) is 4. The van der Waals surface area contributed by atoms with E-state index in [9.17, 15) is 9.59 Å². The van der Waals surface area contributed by atoms with Crippen molar-refractivity contribution in [1.82, 2.24) is 5.32 Å². The minimum absolute atomic E-state index is 0.0262.